The van der Waals surface area contributed by atoms with Gasteiger partial charge in [-0.2, -0.15) is 16.8 Å². The van der Waals surface area contributed by atoms with E-state index in [9.17, 15) is 16.8 Å². The Balaban J connectivity index is 1.92. The van der Waals surface area contributed by atoms with Crippen LogP contribution in [0.25, 0.3) is 10.8 Å². The lowest BCUT2D eigenvalue weighted by Crippen LogP contribution is -2.09. The van der Waals surface area contributed by atoms with Crippen molar-refractivity contribution in [3.05, 3.63) is 66.7 Å². The number of rotatable bonds is 4. The minimum absolute atomic E-state index is 0.0138. The Morgan fingerprint density at radius 3 is 1.92 bits per heavy atom. The first-order valence-electron chi connectivity index (χ1n) is 6.77. The van der Waals surface area contributed by atoms with Gasteiger partial charge in [0.2, 0.25) is 0 Å². The highest BCUT2D eigenvalue weighted by molar-refractivity contribution is 7.87. The van der Waals surface area contributed by atoms with Crippen LogP contribution in [0.5, 0.6) is 5.75 Å². The van der Waals surface area contributed by atoms with E-state index >= 15 is 0 Å². The topological polar surface area (TPSA) is 97.7 Å². The van der Waals surface area contributed by atoms with E-state index in [1.165, 1.54) is 12.1 Å². The summed E-state index contributed by atoms with van der Waals surface area (Å²) < 4.78 is 60.5. The van der Waals surface area contributed by atoms with Gasteiger partial charge in [-0.3, -0.25) is 4.55 Å². The number of hydrogen-bond acceptors (Lipinski definition) is 5. The molecule has 3 aromatic rings. The Labute approximate surface area is 139 Å². The first-order chi connectivity index (χ1) is 11.3. The van der Waals surface area contributed by atoms with Crippen LogP contribution in [0.15, 0.2) is 76.5 Å². The molecule has 8 heteroatoms. The second-order valence-electron chi connectivity index (χ2n) is 4.99. The van der Waals surface area contributed by atoms with Gasteiger partial charge in [0.1, 0.15) is 10.6 Å². The van der Waals surface area contributed by atoms with Gasteiger partial charge in [-0.15, -0.1) is 0 Å². The molecule has 0 saturated carbocycles. The number of fused-ring (bicyclic) bond motifs is 1. The molecule has 0 fully saturated rings. The number of benzene rings is 3. The van der Waals surface area contributed by atoms with Gasteiger partial charge in [-0.05, 0) is 47.2 Å². The minimum atomic E-state index is -4.34. The second kappa shape index (κ2) is 5.90. The lowest BCUT2D eigenvalue weighted by molar-refractivity contribution is 0.482. The fourth-order valence-corrected chi connectivity index (χ4v) is 3.61. The van der Waals surface area contributed by atoms with Crippen LogP contribution in [0, 0.1) is 0 Å². The lowest BCUT2D eigenvalue weighted by atomic mass is 10.1. The average molecular weight is 364 g/mol. The lowest BCUT2D eigenvalue weighted by Gasteiger charge is -2.08. The van der Waals surface area contributed by atoms with E-state index in [4.69, 9.17) is 8.74 Å². The van der Waals surface area contributed by atoms with Gasteiger partial charge < -0.3 is 4.18 Å². The van der Waals surface area contributed by atoms with Crippen LogP contribution in [0.4, 0.5) is 0 Å². The Kier molecular flexibility index (Phi) is 4.04. The largest absolute Gasteiger partial charge is 0.379 e. The molecule has 6 nitrogen and oxygen atoms in total. The molecule has 0 radical (unpaired) electrons. The van der Waals surface area contributed by atoms with Crippen molar-refractivity contribution >= 4 is 31.0 Å². The summed E-state index contributed by atoms with van der Waals surface area (Å²) in [5, 5.41) is 1.65. The second-order valence-corrected chi connectivity index (χ2v) is 7.96. The quantitative estimate of drug-likeness (QED) is 0.565. The van der Waals surface area contributed by atoms with Crippen molar-refractivity contribution in [1.82, 2.24) is 0 Å². The zero-order valence-electron chi connectivity index (χ0n) is 12.2. The Morgan fingerprint density at radius 2 is 1.29 bits per heavy atom. The summed E-state index contributed by atoms with van der Waals surface area (Å²) in [4.78, 5) is -0.363. The third kappa shape index (κ3) is 3.40. The average Bonchev–Trinajstić information content (AvgIpc) is 2.53. The molecular formula is C16H12O6S2. The van der Waals surface area contributed by atoms with Crippen molar-refractivity contribution in [3.63, 3.8) is 0 Å². The van der Waals surface area contributed by atoms with Crippen LogP contribution in [0.3, 0.4) is 0 Å². The van der Waals surface area contributed by atoms with E-state index < -0.39 is 20.2 Å². The molecule has 0 aliphatic carbocycles. The predicted molar refractivity (Wildman–Crippen MR) is 88.0 cm³/mol. The van der Waals surface area contributed by atoms with Crippen LogP contribution in [0.2, 0.25) is 0 Å². The summed E-state index contributed by atoms with van der Waals surface area (Å²) in [6.07, 6.45) is 0. The summed E-state index contributed by atoms with van der Waals surface area (Å²) in [6.45, 7) is 0. The highest BCUT2D eigenvalue weighted by Gasteiger charge is 2.18. The van der Waals surface area contributed by atoms with E-state index in [1.54, 1.807) is 18.2 Å². The molecule has 3 rings (SSSR count). The molecule has 0 aliphatic heterocycles. The maximum absolute atomic E-state index is 12.3. The SMILES string of the molecule is O=S(=O)(O)c1ccc(OS(=O)(=O)c2ccc3ccccc3c2)cc1. The molecule has 124 valence electrons. The predicted octanol–water partition coefficient (Wildman–Crippen LogP) is 2.85. The van der Waals surface area contributed by atoms with Gasteiger partial charge in [0.05, 0.1) is 4.90 Å². The minimum Gasteiger partial charge on any atom is -0.379 e. The highest BCUT2D eigenvalue weighted by atomic mass is 32.2. The highest BCUT2D eigenvalue weighted by Crippen LogP contribution is 2.23. The summed E-state index contributed by atoms with van der Waals surface area (Å²) >= 11 is 0. The fourth-order valence-electron chi connectivity index (χ4n) is 2.16. The molecule has 0 aliphatic rings. The third-order valence-electron chi connectivity index (χ3n) is 3.34. The molecule has 1 N–H and O–H groups in total. The van der Waals surface area contributed by atoms with E-state index in [2.05, 4.69) is 0 Å². The van der Waals surface area contributed by atoms with E-state index in [0.717, 1.165) is 35.0 Å². The van der Waals surface area contributed by atoms with Crippen molar-refractivity contribution in [2.24, 2.45) is 0 Å². The van der Waals surface area contributed by atoms with Crippen LogP contribution in [-0.4, -0.2) is 21.4 Å². The summed E-state index contributed by atoms with van der Waals surface area (Å²) in [5.41, 5.74) is 0. The zero-order valence-corrected chi connectivity index (χ0v) is 13.8. The standard InChI is InChI=1S/C16H12O6S2/c17-23(18,19)15-9-6-14(7-10-15)22-24(20,21)16-8-5-12-3-1-2-4-13(12)11-16/h1-11H,(H,17,18,19). The third-order valence-corrected chi connectivity index (χ3v) is 5.45. The van der Waals surface area contributed by atoms with Crippen LogP contribution in [-0.2, 0) is 20.2 Å². The fraction of sp³-hybridized carbons (Fsp3) is 0. The van der Waals surface area contributed by atoms with Crippen molar-refractivity contribution in [1.29, 1.82) is 0 Å². The van der Waals surface area contributed by atoms with E-state index in [-0.39, 0.29) is 15.5 Å². The van der Waals surface area contributed by atoms with Gasteiger partial charge in [0.15, 0.2) is 0 Å². The normalized spacial score (nSPS) is 12.2. The van der Waals surface area contributed by atoms with Crippen LogP contribution >= 0.6 is 0 Å². The van der Waals surface area contributed by atoms with Crippen molar-refractivity contribution in [2.75, 3.05) is 0 Å². The van der Waals surface area contributed by atoms with Crippen LogP contribution < -0.4 is 4.18 Å². The van der Waals surface area contributed by atoms with Crippen molar-refractivity contribution in [3.8, 4) is 5.75 Å². The van der Waals surface area contributed by atoms with Gasteiger partial charge in [-0.1, -0.05) is 30.3 Å². The van der Waals surface area contributed by atoms with Gasteiger partial charge in [0.25, 0.3) is 10.1 Å². The summed E-state index contributed by atoms with van der Waals surface area (Å²) in [7, 11) is -8.41. The van der Waals surface area contributed by atoms with Crippen molar-refractivity contribution < 1.29 is 25.6 Å². The van der Waals surface area contributed by atoms with Crippen LogP contribution in [0.1, 0.15) is 0 Å². The van der Waals surface area contributed by atoms with Crippen molar-refractivity contribution in [2.45, 2.75) is 9.79 Å². The first kappa shape index (κ1) is 16.4. The van der Waals surface area contributed by atoms with Gasteiger partial charge in [0, 0.05) is 0 Å². The Hall–Kier alpha value is -2.42. The van der Waals surface area contributed by atoms with E-state index in [0.29, 0.717) is 0 Å². The molecule has 0 aromatic heterocycles. The molecule has 0 atom stereocenters. The molecule has 0 saturated heterocycles. The first-order valence-corrected chi connectivity index (χ1v) is 9.61. The Bertz CT molecular complexity index is 1100. The molecule has 0 heterocycles. The number of hydrogen-bond donors (Lipinski definition) is 1. The van der Waals surface area contributed by atoms with Gasteiger partial charge >= 0.3 is 10.1 Å². The zero-order chi connectivity index (χ0) is 17.4. The maximum atomic E-state index is 12.3. The van der Waals surface area contributed by atoms with E-state index in [1.807, 2.05) is 12.1 Å². The summed E-state index contributed by atoms with van der Waals surface area (Å²) in [6, 6.07) is 16.3. The molecular weight excluding hydrogens is 352 g/mol. The molecule has 0 spiro atoms. The Morgan fingerprint density at radius 1 is 0.708 bits per heavy atom. The smallest absolute Gasteiger partial charge is 0.339 e. The molecule has 0 bridgehead atoms. The molecule has 0 amide bonds. The molecule has 24 heavy (non-hydrogen) atoms. The molecule has 0 unspecified atom stereocenters. The maximum Gasteiger partial charge on any atom is 0.339 e. The molecule has 3 aromatic carbocycles. The monoisotopic (exact) mass is 364 g/mol. The van der Waals surface area contributed by atoms with Gasteiger partial charge in [-0.25, -0.2) is 0 Å². The summed E-state index contributed by atoms with van der Waals surface area (Å²) in [5.74, 6) is -0.0597.